The average molecular weight is 280 g/mol. The van der Waals surface area contributed by atoms with Crippen LogP contribution in [0, 0.1) is 13.8 Å². The molecule has 21 heavy (non-hydrogen) atoms. The van der Waals surface area contributed by atoms with Gasteiger partial charge in [-0.05, 0) is 26.0 Å². The lowest BCUT2D eigenvalue weighted by Crippen LogP contribution is -2.24. The summed E-state index contributed by atoms with van der Waals surface area (Å²) < 4.78 is 1.61. The molecule has 0 aliphatic rings. The zero-order valence-electron chi connectivity index (χ0n) is 12.0. The number of anilines is 1. The highest BCUT2D eigenvalue weighted by Crippen LogP contribution is 2.19. The third-order valence-corrected chi connectivity index (χ3v) is 3.49. The van der Waals surface area contributed by atoms with E-state index in [1.54, 1.807) is 4.57 Å². The van der Waals surface area contributed by atoms with Crippen LogP contribution in [0.5, 0.6) is 0 Å². The van der Waals surface area contributed by atoms with Crippen molar-refractivity contribution in [3.8, 4) is 0 Å². The summed E-state index contributed by atoms with van der Waals surface area (Å²) in [7, 11) is 0. The number of para-hydroxylation sites is 1. The van der Waals surface area contributed by atoms with Crippen LogP contribution in [0.4, 0.5) is 5.82 Å². The van der Waals surface area contributed by atoms with Crippen LogP contribution in [0.1, 0.15) is 17.1 Å². The summed E-state index contributed by atoms with van der Waals surface area (Å²) in [5.41, 5.74) is 8.34. The first kappa shape index (κ1) is 13.3. The number of aromatic nitrogens is 3. The van der Waals surface area contributed by atoms with Gasteiger partial charge >= 0.3 is 0 Å². The van der Waals surface area contributed by atoms with Crippen molar-refractivity contribution in [1.29, 1.82) is 0 Å². The van der Waals surface area contributed by atoms with Gasteiger partial charge in [0.25, 0.3) is 5.56 Å². The molecule has 2 heterocycles. The summed E-state index contributed by atoms with van der Waals surface area (Å²) in [5, 5.41) is 1.01. The Morgan fingerprint density at radius 3 is 2.67 bits per heavy atom. The maximum Gasteiger partial charge on any atom is 0.254 e. The van der Waals surface area contributed by atoms with Gasteiger partial charge in [0.2, 0.25) is 0 Å². The molecule has 2 N–H and O–H groups in total. The van der Waals surface area contributed by atoms with Crippen molar-refractivity contribution in [2.24, 2.45) is 0 Å². The van der Waals surface area contributed by atoms with Crippen LogP contribution in [0.2, 0.25) is 0 Å². The first-order valence-electron chi connectivity index (χ1n) is 6.74. The number of aryl methyl sites for hydroxylation is 2. The van der Waals surface area contributed by atoms with Crippen LogP contribution in [0.3, 0.4) is 0 Å². The largest absolute Gasteiger partial charge is 0.383 e. The van der Waals surface area contributed by atoms with Gasteiger partial charge in [-0.3, -0.25) is 9.36 Å². The van der Waals surface area contributed by atoms with Gasteiger partial charge in [0.15, 0.2) is 0 Å². The standard InChI is InChI=1S/C16H16N4O/c1-10-7-15(21)20(11(2)18-10)9-13-8-12-5-3-4-6-14(12)19-16(13)17/h3-8H,9H2,1-2H3,(H2,17,19). The smallest absolute Gasteiger partial charge is 0.254 e. The van der Waals surface area contributed by atoms with E-state index in [1.165, 1.54) is 6.07 Å². The van der Waals surface area contributed by atoms with E-state index in [0.717, 1.165) is 22.2 Å². The highest BCUT2D eigenvalue weighted by Gasteiger charge is 2.08. The number of pyridine rings is 1. The minimum atomic E-state index is -0.0763. The van der Waals surface area contributed by atoms with E-state index in [1.807, 2.05) is 44.2 Å². The maximum atomic E-state index is 12.1. The molecule has 0 unspecified atom stereocenters. The second-order valence-corrected chi connectivity index (χ2v) is 5.09. The van der Waals surface area contributed by atoms with Gasteiger partial charge < -0.3 is 5.73 Å². The van der Waals surface area contributed by atoms with Crippen molar-refractivity contribution in [1.82, 2.24) is 14.5 Å². The molecule has 2 aromatic heterocycles. The Hall–Kier alpha value is -2.69. The highest BCUT2D eigenvalue weighted by molar-refractivity contribution is 5.81. The normalized spacial score (nSPS) is 11.0. The molecular weight excluding hydrogens is 264 g/mol. The molecule has 3 aromatic rings. The number of nitrogens with two attached hydrogens (primary N) is 1. The van der Waals surface area contributed by atoms with E-state index < -0.39 is 0 Å². The number of nitrogen functional groups attached to an aromatic ring is 1. The average Bonchev–Trinajstić information content (AvgIpc) is 2.43. The molecule has 0 fully saturated rings. The van der Waals surface area contributed by atoms with Crippen molar-refractivity contribution in [3.63, 3.8) is 0 Å². The predicted molar refractivity (Wildman–Crippen MR) is 83.2 cm³/mol. The lowest BCUT2D eigenvalue weighted by atomic mass is 10.1. The number of hydrogen-bond donors (Lipinski definition) is 1. The Morgan fingerprint density at radius 1 is 1.14 bits per heavy atom. The number of benzene rings is 1. The Morgan fingerprint density at radius 2 is 1.90 bits per heavy atom. The molecule has 0 bridgehead atoms. The SMILES string of the molecule is Cc1cc(=O)n(Cc2cc3ccccc3nc2N)c(C)n1. The number of rotatable bonds is 2. The molecule has 0 atom stereocenters. The Kier molecular flexibility index (Phi) is 3.17. The van der Waals surface area contributed by atoms with E-state index in [-0.39, 0.29) is 5.56 Å². The molecule has 0 radical (unpaired) electrons. The molecule has 0 aliphatic carbocycles. The first-order chi connectivity index (χ1) is 10.0. The minimum absolute atomic E-state index is 0.0763. The van der Waals surface area contributed by atoms with Gasteiger partial charge in [-0.15, -0.1) is 0 Å². The third kappa shape index (κ3) is 2.50. The molecule has 0 amide bonds. The van der Waals surface area contributed by atoms with E-state index in [4.69, 9.17) is 5.73 Å². The highest BCUT2D eigenvalue weighted by atomic mass is 16.1. The van der Waals surface area contributed by atoms with E-state index in [2.05, 4.69) is 9.97 Å². The van der Waals surface area contributed by atoms with Gasteiger partial charge in [-0.25, -0.2) is 9.97 Å². The first-order valence-corrected chi connectivity index (χ1v) is 6.74. The van der Waals surface area contributed by atoms with Crippen molar-refractivity contribution < 1.29 is 0 Å². The summed E-state index contributed by atoms with van der Waals surface area (Å²) in [6.07, 6.45) is 0. The summed E-state index contributed by atoms with van der Waals surface area (Å²) >= 11 is 0. The second-order valence-electron chi connectivity index (χ2n) is 5.09. The molecule has 1 aromatic carbocycles. The van der Waals surface area contributed by atoms with Crippen molar-refractivity contribution in [2.45, 2.75) is 20.4 Å². The monoisotopic (exact) mass is 280 g/mol. The molecule has 3 rings (SSSR count). The van der Waals surface area contributed by atoms with Gasteiger partial charge in [0.1, 0.15) is 11.6 Å². The van der Waals surface area contributed by atoms with Crippen LogP contribution in [-0.4, -0.2) is 14.5 Å². The topological polar surface area (TPSA) is 73.8 Å². The zero-order chi connectivity index (χ0) is 15.0. The number of hydrogen-bond acceptors (Lipinski definition) is 4. The summed E-state index contributed by atoms with van der Waals surface area (Å²) in [5.74, 6) is 1.12. The van der Waals surface area contributed by atoms with Crippen molar-refractivity contribution in [3.05, 3.63) is 63.8 Å². The van der Waals surface area contributed by atoms with Gasteiger partial charge in [-0.1, -0.05) is 18.2 Å². The van der Waals surface area contributed by atoms with Crippen molar-refractivity contribution >= 4 is 16.7 Å². The van der Waals surface area contributed by atoms with E-state index in [9.17, 15) is 4.79 Å². The van der Waals surface area contributed by atoms with Gasteiger partial charge in [0, 0.05) is 22.7 Å². The molecule has 5 heteroatoms. The fraction of sp³-hybridized carbons (Fsp3) is 0.188. The van der Waals surface area contributed by atoms with E-state index in [0.29, 0.717) is 18.2 Å². The molecule has 5 nitrogen and oxygen atoms in total. The van der Waals surface area contributed by atoms with Crippen LogP contribution in [-0.2, 0) is 6.54 Å². The molecule has 0 spiro atoms. The van der Waals surface area contributed by atoms with Crippen LogP contribution in [0.15, 0.2) is 41.2 Å². The molecular formula is C16H16N4O. The lowest BCUT2D eigenvalue weighted by Gasteiger charge is -2.12. The minimum Gasteiger partial charge on any atom is -0.383 e. The molecule has 0 aliphatic heterocycles. The fourth-order valence-corrected chi connectivity index (χ4v) is 2.43. The zero-order valence-corrected chi connectivity index (χ0v) is 12.0. The Bertz CT molecular complexity index is 883. The second kappa shape index (κ2) is 5.01. The fourth-order valence-electron chi connectivity index (χ4n) is 2.43. The summed E-state index contributed by atoms with van der Waals surface area (Å²) in [6, 6.07) is 11.3. The summed E-state index contributed by atoms with van der Waals surface area (Å²) in [6.45, 7) is 4.01. The quantitative estimate of drug-likeness (QED) is 0.779. The molecule has 0 saturated heterocycles. The van der Waals surface area contributed by atoms with Gasteiger partial charge in [0.05, 0.1) is 12.1 Å². The number of fused-ring (bicyclic) bond motifs is 1. The molecule has 0 saturated carbocycles. The van der Waals surface area contributed by atoms with Crippen LogP contribution in [0.25, 0.3) is 10.9 Å². The van der Waals surface area contributed by atoms with Crippen LogP contribution >= 0.6 is 0 Å². The Balaban J connectivity index is 2.10. The van der Waals surface area contributed by atoms with Crippen LogP contribution < -0.4 is 11.3 Å². The lowest BCUT2D eigenvalue weighted by molar-refractivity contribution is 0.695. The molecule has 106 valence electrons. The maximum absolute atomic E-state index is 12.1. The number of nitrogens with zero attached hydrogens (tertiary/aromatic N) is 3. The third-order valence-electron chi connectivity index (χ3n) is 3.49. The summed E-state index contributed by atoms with van der Waals surface area (Å²) in [4.78, 5) is 20.8. The van der Waals surface area contributed by atoms with E-state index >= 15 is 0 Å². The predicted octanol–water partition coefficient (Wildman–Crippen LogP) is 2.04. The van der Waals surface area contributed by atoms with Gasteiger partial charge in [-0.2, -0.15) is 0 Å². The van der Waals surface area contributed by atoms with Crippen molar-refractivity contribution in [2.75, 3.05) is 5.73 Å². The Labute approximate surface area is 122 Å².